The summed E-state index contributed by atoms with van der Waals surface area (Å²) in [5, 5.41) is 8.45. The number of hydrogen-bond donors (Lipinski definition) is 1. The monoisotopic (exact) mass is 301 g/mol. The molecule has 0 saturated carbocycles. The summed E-state index contributed by atoms with van der Waals surface area (Å²) in [5.74, 6) is 0. The number of nitrogens with zero attached hydrogens (tertiary/aromatic N) is 3. The van der Waals surface area contributed by atoms with Gasteiger partial charge < -0.3 is 0 Å². The number of fused-ring (bicyclic) bond motifs is 1. The highest BCUT2D eigenvalue weighted by molar-refractivity contribution is 7.85. The third-order valence-corrected chi connectivity index (χ3v) is 3.81. The van der Waals surface area contributed by atoms with Crippen molar-refractivity contribution in [2.24, 2.45) is 0 Å². The van der Waals surface area contributed by atoms with E-state index >= 15 is 0 Å². The van der Waals surface area contributed by atoms with Crippen molar-refractivity contribution in [1.82, 2.24) is 15.0 Å². The third kappa shape index (κ3) is 2.83. The fourth-order valence-electron chi connectivity index (χ4n) is 1.94. The average molecular weight is 301 g/mol. The maximum absolute atomic E-state index is 11.3. The lowest BCUT2D eigenvalue weighted by molar-refractivity contribution is 0.483. The van der Waals surface area contributed by atoms with Crippen molar-refractivity contribution in [2.45, 2.75) is 4.90 Å². The summed E-state index contributed by atoms with van der Waals surface area (Å²) < 4.78 is 31.8. The van der Waals surface area contributed by atoms with Crippen LogP contribution in [0.4, 0.5) is 0 Å². The second kappa shape index (κ2) is 5.12. The van der Waals surface area contributed by atoms with Gasteiger partial charge in [-0.1, -0.05) is 30.3 Å². The molecule has 3 rings (SSSR count). The van der Waals surface area contributed by atoms with Gasteiger partial charge in [-0.25, -0.2) is 0 Å². The van der Waals surface area contributed by atoms with E-state index in [1.807, 2.05) is 24.3 Å². The van der Waals surface area contributed by atoms with Gasteiger partial charge in [0.2, 0.25) is 0 Å². The molecule has 2 aromatic carbocycles. The Morgan fingerprint density at radius 2 is 1.52 bits per heavy atom. The summed E-state index contributed by atoms with van der Waals surface area (Å²) in [6, 6.07) is 13.5. The van der Waals surface area contributed by atoms with Crippen LogP contribution in [0.15, 0.2) is 53.4 Å². The zero-order valence-corrected chi connectivity index (χ0v) is 11.6. The largest absolute Gasteiger partial charge is 0.295 e. The quantitative estimate of drug-likeness (QED) is 0.750. The first kappa shape index (κ1) is 13.5. The minimum atomic E-state index is -4.26. The van der Waals surface area contributed by atoms with Crippen LogP contribution in [0, 0.1) is 0 Å². The lowest BCUT2D eigenvalue weighted by Gasteiger charge is -2.01. The fraction of sp³-hybridized carbons (Fsp3) is 0. The van der Waals surface area contributed by atoms with Crippen LogP contribution in [0.3, 0.4) is 0 Å². The molecule has 7 heteroatoms. The van der Waals surface area contributed by atoms with Crippen LogP contribution in [0.5, 0.6) is 0 Å². The average Bonchev–Trinajstić information content (AvgIpc) is 2.87. The molecule has 0 aliphatic carbocycles. The maximum atomic E-state index is 11.3. The molecule has 3 aromatic rings. The van der Waals surface area contributed by atoms with E-state index in [9.17, 15) is 13.0 Å². The Balaban J connectivity index is 2.00. The molecule has 0 aliphatic rings. The lowest BCUT2D eigenvalue weighted by Crippen LogP contribution is -2.00. The molecule has 0 radical (unpaired) electrons. The Morgan fingerprint density at radius 3 is 2.14 bits per heavy atom. The molecule has 0 bridgehead atoms. The van der Waals surface area contributed by atoms with Gasteiger partial charge in [0.15, 0.2) is 0 Å². The van der Waals surface area contributed by atoms with Crippen LogP contribution in [0.2, 0.25) is 0 Å². The van der Waals surface area contributed by atoms with Crippen molar-refractivity contribution >= 4 is 33.4 Å². The molecule has 6 nitrogen and oxygen atoms in total. The second-order valence-corrected chi connectivity index (χ2v) is 5.73. The van der Waals surface area contributed by atoms with Crippen LogP contribution >= 0.6 is 0 Å². The van der Waals surface area contributed by atoms with Gasteiger partial charge in [-0.05, 0) is 29.8 Å². The van der Waals surface area contributed by atoms with E-state index in [-0.39, 0.29) is 4.90 Å². The van der Waals surface area contributed by atoms with Crippen LogP contribution < -0.4 is 0 Å². The van der Waals surface area contributed by atoms with E-state index < -0.39 is 10.1 Å². The van der Waals surface area contributed by atoms with E-state index in [1.54, 1.807) is 18.2 Å². The van der Waals surface area contributed by atoms with E-state index in [0.717, 1.165) is 11.0 Å². The molecule has 1 heterocycles. The topological polar surface area (TPSA) is 85.1 Å². The van der Waals surface area contributed by atoms with Crippen molar-refractivity contribution in [3.63, 3.8) is 0 Å². The van der Waals surface area contributed by atoms with Crippen molar-refractivity contribution in [3.8, 4) is 0 Å². The molecule has 0 saturated heterocycles. The summed E-state index contributed by atoms with van der Waals surface area (Å²) in [7, 11) is -4.26. The summed E-state index contributed by atoms with van der Waals surface area (Å²) >= 11 is 0. The van der Waals surface area contributed by atoms with Crippen LogP contribution in [-0.4, -0.2) is 28.0 Å². The van der Waals surface area contributed by atoms with Gasteiger partial charge in [0.25, 0.3) is 10.1 Å². The minimum absolute atomic E-state index is 0.155. The van der Waals surface area contributed by atoms with Crippen LogP contribution in [0.25, 0.3) is 23.3 Å². The third-order valence-electron chi connectivity index (χ3n) is 2.89. The molecular weight excluding hydrogens is 290 g/mol. The Morgan fingerprint density at radius 1 is 0.952 bits per heavy atom. The predicted octanol–water partition coefficient (Wildman–Crippen LogP) is 2.31. The Hall–Kier alpha value is -2.51. The normalized spacial score (nSPS) is 12.2. The Labute approximate surface area is 121 Å². The first-order chi connectivity index (χ1) is 10.0. The van der Waals surface area contributed by atoms with E-state index in [2.05, 4.69) is 10.2 Å². The molecule has 0 atom stereocenters. The van der Waals surface area contributed by atoms with Gasteiger partial charge in [-0.3, -0.25) is 4.55 Å². The Bertz CT molecular complexity index is 896. The number of hydrogen-bond acceptors (Lipinski definition) is 4. The number of aromatic nitrogens is 3. The van der Waals surface area contributed by atoms with Crippen molar-refractivity contribution < 1.29 is 13.0 Å². The van der Waals surface area contributed by atoms with E-state index in [0.29, 0.717) is 5.56 Å². The van der Waals surface area contributed by atoms with Gasteiger partial charge in [-0.15, -0.1) is 10.2 Å². The van der Waals surface area contributed by atoms with Gasteiger partial charge >= 0.3 is 0 Å². The van der Waals surface area contributed by atoms with Crippen molar-refractivity contribution in [2.75, 3.05) is 0 Å². The van der Waals surface area contributed by atoms with Gasteiger partial charge in [0, 0.05) is 0 Å². The molecule has 1 N–H and O–H groups in total. The molecule has 0 amide bonds. The van der Waals surface area contributed by atoms with Gasteiger partial charge in [0.1, 0.15) is 15.9 Å². The van der Waals surface area contributed by atoms with Gasteiger partial charge in [0.05, 0.1) is 6.20 Å². The standard InChI is InChI=1S/C14H11N3O3S/c18-21(19,20)14-8-4-1-5-11(14)9-10-17-15-12-6-2-3-7-13(12)16-17/h1-10H,(H,18,19,20). The zero-order chi connectivity index (χ0) is 14.9. The molecular formula is C14H11N3O3S. The fourth-order valence-corrected chi connectivity index (χ4v) is 2.63. The first-order valence-corrected chi connectivity index (χ1v) is 7.54. The highest BCUT2D eigenvalue weighted by atomic mass is 32.2. The minimum Gasteiger partial charge on any atom is -0.282 e. The van der Waals surface area contributed by atoms with Gasteiger partial charge in [-0.2, -0.15) is 13.2 Å². The molecule has 1 aromatic heterocycles. The summed E-state index contributed by atoms with van der Waals surface area (Å²) in [6.07, 6.45) is 3.06. The maximum Gasteiger partial charge on any atom is 0.295 e. The van der Waals surface area contributed by atoms with Crippen LogP contribution in [0.1, 0.15) is 5.56 Å². The summed E-state index contributed by atoms with van der Waals surface area (Å²) in [4.78, 5) is 1.20. The van der Waals surface area contributed by atoms with Crippen LogP contribution in [-0.2, 0) is 10.1 Å². The lowest BCUT2D eigenvalue weighted by atomic mass is 10.2. The SMILES string of the molecule is O=S(=O)(O)c1ccccc1C=Cn1nc2ccccc2n1. The summed E-state index contributed by atoms with van der Waals surface area (Å²) in [6.45, 7) is 0. The molecule has 106 valence electrons. The molecule has 0 fully saturated rings. The highest BCUT2D eigenvalue weighted by Gasteiger charge is 2.12. The molecule has 0 unspecified atom stereocenters. The van der Waals surface area contributed by atoms with Crippen molar-refractivity contribution in [3.05, 3.63) is 54.1 Å². The second-order valence-electron chi connectivity index (χ2n) is 4.34. The molecule has 21 heavy (non-hydrogen) atoms. The first-order valence-electron chi connectivity index (χ1n) is 6.10. The number of rotatable bonds is 3. The van der Waals surface area contributed by atoms with Crippen molar-refractivity contribution in [1.29, 1.82) is 0 Å². The molecule has 0 spiro atoms. The Kier molecular flexibility index (Phi) is 3.28. The van der Waals surface area contributed by atoms with E-state index in [1.165, 1.54) is 23.1 Å². The zero-order valence-electron chi connectivity index (χ0n) is 10.8. The highest BCUT2D eigenvalue weighted by Crippen LogP contribution is 2.17. The molecule has 0 aliphatic heterocycles. The predicted molar refractivity (Wildman–Crippen MR) is 79.0 cm³/mol. The smallest absolute Gasteiger partial charge is 0.282 e. The summed E-state index contributed by atoms with van der Waals surface area (Å²) in [5.41, 5.74) is 1.84. The van der Waals surface area contributed by atoms with E-state index in [4.69, 9.17) is 0 Å². The number of benzene rings is 2.